The van der Waals surface area contributed by atoms with Crippen molar-refractivity contribution in [2.75, 3.05) is 26.9 Å². The van der Waals surface area contributed by atoms with E-state index < -0.39 is 0 Å². The molecule has 1 N–H and O–H groups in total. The lowest BCUT2D eigenvalue weighted by atomic mass is 10.0. The molecule has 0 aliphatic rings. The second-order valence-corrected chi connectivity index (χ2v) is 22.8. The SMILES string of the molecule is CCCCCCCCCCCCCCCCCCOc1cc(COc2cc(OC)ccc2CO)cc(OCCCCCCCCCCCCCCCCCC)c1OCCCCCCCCCCCCCCCCCC. The summed E-state index contributed by atoms with van der Waals surface area (Å²) in [4.78, 5) is 0. The van der Waals surface area contributed by atoms with Crippen LogP contribution in [0.4, 0.5) is 0 Å². The monoisotopic (exact) mass is 1050 g/mol. The number of benzene rings is 2. The molecule has 0 aliphatic heterocycles. The molecule has 0 aromatic heterocycles. The lowest BCUT2D eigenvalue weighted by molar-refractivity contribution is 0.231. The van der Waals surface area contributed by atoms with Crippen LogP contribution in [0.2, 0.25) is 0 Å². The van der Waals surface area contributed by atoms with Gasteiger partial charge in [-0.1, -0.05) is 310 Å². The van der Waals surface area contributed by atoms with Crippen molar-refractivity contribution in [3.8, 4) is 28.7 Å². The molecule has 2 aromatic carbocycles. The smallest absolute Gasteiger partial charge is 0.203 e. The first-order valence-electron chi connectivity index (χ1n) is 33.1. The van der Waals surface area contributed by atoms with Gasteiger partial charge in [0, 0.05) is 11.6 Å². The Balaban J connectivity index is 1.94. The molecule has 0 radical (unpaired) electrons. The van der Waals surface area contributed by atoms with Crippen molar-refractivity contribution in [2.45, 2.75) is 342 Å². The summed E-state index contributed by atoms with van der Waals surface area (Å²) < 4.78 is 31.9. The largest absolute Gasteiger partial charge is 0.497 e. The third-order valence-corrected chi connectivity index (χ3v) is 15.7. The molecule has 0 saturated heterocycles. The summed E-state index contributed by atoms with van der Waals surface area (Å²) in [6.45, 7) is 9.07. The summed E-state index contributed by atoms with van der Waals surface area (Å²) >= 11 is 0. The fourth-order valence-electron chi connectivity index (χ4n) is 10.6. The summed E-state index contributed by atoms with van der Waals surface area (Å²) in [6, 6.07) is 9.76. The molecule has 6 heteroatoms. The molecule has 436 valence electrons. The van der Waals surface area contributed by atoms with Crippen LogP contribution in [0.25, 0.3) is 0 Å². The Hall–Kier alpha value is -2.60. The summed E-state index contributed by atoms with van der Waals surface area (Å²) in [5.74, 6) is 3.56. The van der Waals surface area contributed by atoms with Gasteiger partial charge < -0.3 is 28.8 Å². The second kappa shape index (κ2) is 53.4. The van der Waals surface area contributed by atoms with E-state index in [1.54, 1.807) is 7.11 Å². The van der Waals surface area contributed by atoms with Crippen LogP contribution in [0, 0.1) is 0 Å². The fourth-order valence-corrected chi connectivity index (χ4v) is 10.6. The summed E-state index contributed by atoms with van der Waals surface area (Å²) in [6.07, 6.45) is 64.9. The van der Waals surface area contributed by atoms with Crippen molar-refractivity contribution >= 4 is 0 Å². The number of hydrogen-bond donors (Lipinski definition) is 1. The Morgan fingerprint density at radius 1 is 0.307 bits per heavy atom. The molecule has 0 unspecified atom stereocenters. The highest BCUT2D eigenvalue weighted by molar-refractivity contribution is 5.54. The van der Waals surface area contributed by atoms with Gasteiger partial charge in [-0.3, -0.25) is 0 Å². The number of methoxy groups -OCH3 is 1. The van der Waals surface area contributed by atoms with Gasteiger partial charge in [0.05, 0.1) is 33.5 Å². The molecular weight excluding hydrogens is 925 g/mol. The van der Waals surface area contributed by atoms with E-state index in [1.165, 1.54) is 289 Å². The molecular formula is C69H124O6. The minimum absolute atomic E-state index is 0.104. The molecule has 2 aromatic rings. The highest BCUT2D eigenvalue weighted by Gasteiger charge is 2.18. The van der Waals surface area contributed by atoms with Crippen LogP contribution in [-0.4, -0.2) is 32.0 Å². The van der Waals surface area contributed by atoms with Crippen LogP contribution in [-0.2, 0) is 13.2 Å². The van der Waals surface area contributed by atoms with Crippen molar-refractivity contribution in [3.05, 3.63) is 41.5 Å². The van der Waals surface area contributed by atoms with Gasteiger partial charge in [-0.25, -0.2) is 0 Å². The summed E-state index contributed by atoms with van der Waals surface area (Å²) in [5, 5.41) is 10.1. The third kappa shape index (κ3) is 40.3. The molecule has 0 atom stereocenters. The number of aliphatic hydroxyl groups excluding tert-OH is 1. The van der Waals surface area contributed by atoms with Crippen LogP contribution >= 0.6 is 0 Å². The quantitative estimate of drug-likeness (QED) is 0.0666. The van der Waals surface area contributed by atoms with E-state index in [4.69, 9.17) is 23.7 Å². The van der Waals surface area contributed by atoms with Gasteiger partial charge in [0.25, 0.3) is 0 Å². The molecule has 0 aliphatic carbocycles. The Kier molecular flexibility index (Phi) is 48.8. The maximum absolute atomic E-state index is 10.1. The Morgan fingerprint density at radius 3 is 0.867 bits per heavy atom. The number of rotatable bonds is 59. The van der Waals surface area contributed by atoms with Crippen molar-refractivity contribution < 1.29 is 28.8 Å². The molecule has 0 bridgehead atoms. The molecule has 0 spiro atoms. The minimum Gasteiger partial charge on any atom is -0.497 e. The number of aliphatic hydroxyl groups is 1. The van der Waals surface area contributed by atoms with Gasteiger partial charge in [0.2, 0.25) is 5.75 Å². The minimum atomic E-state index is -0.104. The predicted octanol–water partition coefficient (Wildman–Crippen LogP) is 22.7. The molecule has 6 nitrogen and oxygen atoms in total. The van der Waals surface area contributed by atoms with E-state index in [2.05, 4.69) is 32.9 Å². The maximum atomic E-state index is 10.1. The molecule has 0 heterocycles. The molecule has 75 heavy (non-hydrogen) atoms. The molecule has 0 fully saturated rings. The maximum Gasteiger partial charge on any atom is 0.203 e. The number of unbranched alkanes of at least 4 members (excludes halogenated alkanes) is 45. The lowest BCUT2D eigenvalue weighted by Crippen LogP contribution is -2.08. The van der Waals surface area contributed by atoms with Gasteiger partial charge in [-0.2, -0.15) is 0 Å². The van der Waals surface area contributed by atoms with Crippen molar-refractivity contribution in [1.82, 2.24) is 0 Å². The van der Waals surface area contributed by atoms with E-state index in [1.807, 2.05) is 18.2 Å². The van der Waals surface area contributed by atoms with Crippen molar-refractivity contribution in [2.24, 2.45) is 0 Å². The average molecular weight is 1050 g/mol. The molecule has 2 rings (SSSR count). The third-order valence-electron chi connectivity index (χ3n) is 15.7. The van der Waals surface area contributed by atoms with Gasteiger partial charge >= 0.3 is 0 Å². The zero-order chi connectivity index (χ0) is 53.6. The molecule has 0 amide bonds. The van der Waals surface area contributed by atoms with Gasteiger partial charge in [0.1, 0.15) is 18.1 Å². The second-order valence-electron chi connectivity index (χ2n) is 22.8. The van der Waals surface area contributed by atoms with Crippen molar-refractivity contribution in [3.63, 3.8) is 0 Å². The van der Waals surface area contributed by atoms with Gasteiger partial charge in [-0.05, 0) is 49.1 Å². The Morgan fingerprint density at radius 2 is 0.587 bits per heavy atom. The average Bonchev–Trinajstić information content (AvgIpc) is 3.43. The highest BCUT2D eigenvalue weighted by Crippen LogP contribution is 2.40. The fraction of sp³-hybridized carbons (Fsp3) is 0.826. The van der Waals surface area contributed by atoms with E-state index in [-0.39, 0.29) is 6.61 Å². The zero-order valence-electron chi connectivity index (χ0n) is 50.4. The van der Waals surface area contributed by atoms with E-state index in [0.717, 1.165) is 47.6 Å². The van der Waals surface area contributed by atoms with Crippen LogP contribution in [0.15, 0.2) is 30.3 Å². The topological polar surface area (TPSA) is 66.4 Å². The standard InChI is InChI=1S/C69H124O6/c1-5-8-11-14-17-20-23-26-29-32-35-38-41-44-47-50-55-72-67-58-63(62-75-66-60-65(71-4)54-53-64(66)61-70)59-68(73-56-51-48-45-42-39-36-33-30-27-24-21-18-15-12-9-6-2)69(67)74-57-52-49-46-43-40-37-34-31-28-25-22-19-16-13-10-7-3/h53-54,58-60,70H,5-52,55-57,61-62H2,1-4H3. The summed E-state index contributed by atoms with van der Waals surface area (Å²) in [7, 11) is 1.66. The Labute approximate surface area is 466 Å². The van der Waals surface area contributed by atoms with Gasteiger partial charge in [0.15, 0.2) is 11.5 Å². The van der Waals surface area contributed by atoms with E-state index in [0.29, 0.717) is 37.9 Å². The Bertz CT molecular complexity index is 1430. The van der Waals surface area contributed by atoms with Crippen LogP contribution < -0.4 is 23.7 Å². The summed E-state index contributed by atoms with van der Waals surface area (Å²) in [5.41, 5.74) is 1.69. The van der Waals surface area contributed by atoms with Gasteiger partial charge in [-0.15, -0.1) is 0 Å². The van der Waals surface area contributed by atoms with E-state index in [9.17, 15) is 5.11 Å². The van der Waals surface area contributed by atoms with Crippen molar-refractivity contribution in [1.29, 1.82) is 0 Å². The normalized spacial score (nSPS) is 11.4. The number of ether oxygens (including phenoxy) is 5. The zero-order valence-corrected chi connectivity index (χ0v) is 50.4. The van der Waals surface area contributed by atoms with Crippen LogP contribution in [0.3, 0.4) is 0 Å². The van der Waals surface area contributed by atoms with E-state index >= 15 is 0 Å². The lowest BCUT2D eigenvalue weighted by Gasteiger charge is -2.19. The molecule has 0 saturated carbocycles. The first-order chi connectivity index (χ1) is 37.2. The highest BCUT2D eigenvalue weighted by atomic mass is 16.5. The first-order valence-corrected chi connectivity index (χ1v) is 33.1. The van der Waals surface area contributed by atoms with Crippen LogP contribution in [0.5, 0.6) is 28.7 Å². The predicted molar refractivity (Wildman–Crippen MR) is 325 cm³/mol. The first kappa shape index (κ1) is 68.5. The number of hydrogen-bond acceptors (Lipinski definition) is 6. The van der Waals surface area contributed by atoms with Crippen LogP contribution in [0.1, 0.15) is 340 Å².